The second-order valence-electron chi connectivity index (χ2n) is 3.62. The van der Waals surface area contributed by atoms with E-state index in [1.54, 1.807) is 23.1 Å². The highest BCUT2D eigenvalue weighted by Gasteiger charge is 2.42. The molecule has 0 aliphatic carbocycles. The molecule has 0 aromatic carbocycles. The van der Waals surface area contributed by atoms with Gasteiger partial charge in [-0.15, -0.1) is 23.1 Å². The topological polar surface area (TPSA) is 37.3 Å². The highest BCUT2D eigenvalue weighted by molar-refractivity contribution is 8.01. The van der Waals surface area contributed by atoms with Crippen molar-refractivity contribution in [1.82, 2.24) is 0 Å². The standard InChI is InChI=1S/C10H11ClO2S2/c11-7-2-5-14-8(7)6-10(9(12)13)3-1-4-15-10/h2,5H,1,3-4,6H2,(H,12,13). The van der Waals surface area contributed by atoms with Crippen LogP contribution in [0.15, 0.2) is 11.4 Å². The molecule has 0 amide bonds. The third-order valence-corrected chi connectivity index (χ3v) is 5.59. The number of carboxylic acids is 1. The van der Waals surface area contributed by atoms with Crippen molar-refractivity contribution in [1.29, 1.82) is 0 Å². The molecule has 1 atom stereocenters. The quantitative estimate of drug-likeness (QED) is 0.908. The third kappa shape index (κ3) is 2.17. The number of rotatable bonds is 3. The molecule has 0 saturated carbocycles. The van der Waals surface area contributed by atoms with E-state index < -0.39 is 10.7 Å². The lowest BCUT2D eigenvalue weighted by Gasteiger charge is -2.22. The second-order valence-corrected chi connectivity index (χ2v) is 6.51. The van der Waals surface area contributed by atoms with E-state index in [0.29, 0.717) is 11.4 Å². The average Bonchev–Trinajstić information content (AvgIpc) is 2.78. The van der Waals surface area contributed by atoms with Crippen LogP contribution in [0.1, 0.15) is 17.7 Å². The van der Waals surface area contributed by atoms with Crippen LogP contribution in [-0.4, -0.2) is 21.6 Å². The summed E-state index contributed by atoms with van der Waals surface area (Å²) in [6.45, 7) is 0. The molecule has 15 heavy (non-hydrogen) atoms. The molecule has 1 aliphatic rings. The van der Waals surface area contributed by atoms with E-state index >= 15 is 0 Å². The van der Waals surface area contributed by atoms with Crippen molar-refractivity contribution in [3.05, 3.63) is 21.3 Å². The van der Waals surface area contributed by atoms with E-state index in [-0.39, 0.29) is 0 Å². The Hall–Kier alpha value is -0.190. The first kappa shape index (κ1) is 11.3. The molecule has 1 saturated heterocycles. The van der Waals surface area contributed by atoms with Gasteiger partial charge in [-0.3, -0.25) is 4.79 Å². The first-order valence-electron chi connectivity index (χ1n) is 4.73. The lowest BCUT2D eigenvalue weighted by molar-refractivity contribution is -0.139. The molecular weight excluding hydrogens is 252 g/mol. The van der Waals surface area contributed by atoms with Crippen LogP contribution >= 0.6 is 34.7 Å². The van der Waals surface area contributed by atoms with Gasteiger partial charge in [0.15, 0.2) is 0 Å². The monoisotopic (exact) mass is 262 g/mol. The Morgan fingerprint density at radius 3 is 2.93 bits per heavy atom. The number of carboxylic acid groups (broad SMARTS) is 1. The predicted molar refractivity (Wildman–Crippen MR) is 65.1 cm³/mol. The van der Waals surface area contributed by atoms with Crippen molar-refractivity contribution in [2.75, 3.05) is 5.75 Å². The van der Waals surface area contributed by atoms with E-state index in [0.717, 1.165) is 23.5 Å². The highest BCUT2D eigenvalue weighted by atomic mass is 35.5. The van der Waals surface area contributed by atoms with Gasteiger partial charge in [0, 0.05) is 11.3 Å². The molecular formula is C10H11ClO2S2. The molecule has 2 heterocycles. The van der Waals surface area contributed by atoms with Crippen LogP contribution in [0.2, 0.25) is 5.02 Å². The Morgan fingerprint density at radius 1 is 1.67 bits per heavy atom. The van der Waals surface area contributed by atoms with Gasteiger partial charge in [-0.2, -0.15) is 0 Å². The summed E-state index contributed by atoms with van der Waals surface area (Å²) >= 11 is 9.09. The Bertz CT molecular complexity index is 369. The van der Waals surface area contributed by atoms with Crippen molar-refractivity contribution in [2.24, 2.45) is 0 Å². The zero-order valence-electron chi connectivity index (χ0n) is 8.03. The number of hydrogen-bond donors (Lipinski definition) is 1. The van der Waals surface area contributed by atoms with Crippen molar-refractivity contribution < 1.29 is 9.90 Å². The van der Waals surface area contributed by atoms with Gasteiger partial charge in [-0.25, -0.2) is 0 Å². The fourth-order valence-electron chi connectivity index (χ4n) is 1.79. The summed E-state index contributed by atoms with van der Waals surface area (Å²) in [5.74, 6) is 0.240. The predicted octanol–water partition coefficient (Wildman–Crippen LogP) is 3.29. The van der Waals surface area contributed by atoms with Gasteiger partial charge < -0.3 is 5.11 Å². The molecule has 0 spiro atoms. The number of hydrogen-bond acceptors (Lipinski definition) is 3. The van der Waals surface area contributed by atoms with Gasteiger partial charge in [-0.1, -0.05) is 11.6 Å². The van der Waals surface area contributed by atoms with Crippen LogP contribution in [-0.2, 0) is 11.2 Å². The summed E-state index contributed by atoms with van der Waals surface area (Å²) in [6.07, 6.45) is 2.30. The minimum absolute atomic E-state index is 0.559. The van der Waals surface area contributed by atoms with E-state index in [2.05, 4.69) is 0 Å². The molecule has 1 aromatic rings. The summed E-state index contributed by atoms with van der Waals surface area (Å²) in [7, 11) is 0. The zero-order chi connectivity index (χ0) is 10.9. The summed E-state index contributed by atoms with van der Waals surface area (Å²) < 4.78 is -0.630. The maximum absolute atomic E-state index is 11.3. The molecule has 5 heteroatoms. The van der Waals surface area contributed by atoms with E-state index in [4.69, 9.17) is 11.6 Å². The Labute approximate surface area is 102 Å². The highest BCUT2D eigenvalue weighted by Crippen LogP contribution is 2.43. The zero-order valence-corrected chi connectivity index (χ0v) is 10.4. The van der Waals surface area contributed by atoms with Gasteiger partial charge in [0.2, 0.25) is 0 Å². The lowest BCUT2D eigenvalue weighted by Crippen LogP contribution is -2.34. The Kier molecular flexibility index (Phi) is 3.28. The van der Waals surface area contributed by atoms with Crippen molar-refractivity contribution in [2.45, 2.75) is 24.0 Å². The maximum atomic E-state index is 11.3. The summed E-state index contributed by atoms with van der Waals surface area (Å²) in [5.41, 5.74) is 0. The van der Waals surface area contributed by atoms with Gasteiger partial charge in [0.05, 0.1) is 5.02 Å². The Morgan fingerprint density at radius 2 is 2.47 bits per heavy atom. The molecule has 2 rings (SSSR count). The van der Waals surface area contributed by atoms with Crippen LogP contribution in [0.4, 0.5) is 0 Å². The number of thiophene rings is 1. The summed E-state index contributed by atoms with van der Waals surface area (Å²) in [4.78, 5) is 12.3. The summed E-state index contributed by atoms with van der Waals surface area (Å²) in [5, 5.41) is 11.9. The normalized spacial score (nSPS) is 25.7. The first-order valence-corrected chi connectivity index (χ1v) is 6.98. The maximum Gasteiger partial charge on any atom is 0.320 e. The van der Waals surface area contributed by atoms with Crippen LogP contribution in [0.5, 0.6) is 0 Å². The molecule has 1 aromatic heterocycles. The largest absolute Gasteiger partial charge is 0.480 e. The van der Waals surface area contributed by atoms with E-state index in [9.17, 15) is 9.90 Å². The summed E-state index contributed by atoms with van der Waals surface area (Å²) in [6, 6.07) is 1.83. The molecule has 0 bridgehead atoms. The third-order valence-electron chi connectivity index (χ3n) is 2.63. The molecule has 82 valence electrons. The van der Waals surface area contributed by atoms with E-state index in [1.165, 1.54) is 0 Å². The number of thioether (sulfide) groups is 1. The molecule has 0 radical (unpaired) electrons. The van der Waals surface area contributed by atoms with Crippen LogP contribution in [0.25, 0.3) is 0 Å². The van der Waals surface area contributed by atoms with Crippen LogP contribution in [0, 0.1) is 0 Å². The van der Waals surface area contributed by atoms with Gasteiger partial charge in [0.1, 0.15) is 4.75 Å². The molecule has 1 unspecified atom stereocenters. The number of carbonyl (C=O) groups is 1. The second kappa shape index (κ2) is 4.36. The van der Waals surface area contributed by atoms with Crippen LogP contribution in [0.3, 0.4) is 0 Å². The lowest BCUT2D eigenvalue weighted by atomic mass is 9.98. The molecule has 1 aliphatic heterocycles. The number of halogens is 1. The number of aliphatic carboxylic acids is 1. The fraction of sp³-hybridized carbons (Fsp3) is 0.500. The van der Waals surface area contributed by atoms with Crippen molar-refractivity contribution in [3.8, 4) is 0 Å². The van der Waals surface area contributed by atoms with E-state index in [1.807, 2.05) is 11.4 Å². The molecule has 2 nitrogen and oxygen atoms in total. The van der Waals surface area contributed by atoms with Crippen LogP contribution < -0.4 is 0 Å². The smallest absolute Gasteiger partial charge is 0.320 e. The van der Waals surface area contributed by atoms with Gasteiger partial charge in [-0.05, 0) is 30.0 Å². The molecule has 1 N–H and O–H groups in total. The van der Waals surface area contributed by atoms with Gasteiger partial charge >= 0.3 is 5.97 Å². The SMILES string of the molecule is O=C(O)C1(Cc2sccc2Cl)CCCS1. The minimum atomic E-state index is -0.700. The average molecular weight is 263 g/mol. The van der Waals surface area contributed by atoms with Crippen molar-refractivity contribution in [3.63, 3.8) is 0 Å². The minimum Gasteiger partial charge on any atom is -0.480 e. The molecule has 1 fully saturated rings. The fourth-order valence-corrected chi connectivity index (χ4v) is 4.44. The Balaban J connectivity index is 2.21. The van der Waals surface area contributed by atoms with Gasteiger partial charge in [0.25, 0.3) is 0 Å². The first-order chi connectivity index (χ1) is 7.14. The van der Waals surface area contributed by atoms with Crippen molar-refractivity contribution >= 4 is 40.7 Å².